The molecular formula is C15H21N3. The average molecular weight is 243 g/mol. The Morgan fingerprint density at radius 1 is 1.33 bits per heavy atom. The molecule has 2 aromatic rings. The third-order valence-corrected chi connectivity index (χ3v) is 3.38. The van der Waals surface area contributed by atoms with E-state index >= 15 is 0 Å². The quantitative estimate of drug-likeness (QED) is 0.798. The molecule has 0 aliphatic heterocycles. The van der Waals surface area contributed by atoms with Gasteiger partial charge in [-0.3, -0.25) is 4.98 Å². The SMILES string of the molecule is CCCCC(C)(C)n1cnc(-c2cccnc2)c1. The zero-order chi connectivity index (χ0) is 13.0. The lowest BCUT2D eigenvalue weighted by atomic mass is 9.97. The molecule has 0 bridgehead atoms. The predicted molar refractivity (Wildman–Crippen MR) is 74.3 cm³/mol. The van der Waals surface area contributed by atoms with E-state index in [0.717, 1.165) is 11.3 Å². The summed E-state index contributed by atoms with van der Waals surface area (Å²) in [4.78, 5) is 8.62. The molecule has 3 heteroatoms. The summed E-state index contributed by atoms with van der Waals surface area (Å²) >= 11 is 0. The smallest absolute Gasteiger partial charge is 0.0958 e. The largest absolute Gasteiger partial charge is 0.331 e. The molecule has 0 saturated carbocycles. The molecule has 2 heterocycles. The standard InChI is InChI=1S/C15H21N3/c1-4-5-8-15(2,3)18-11-14(17-12-18)13-7-6-9-16-10-13/h6-7,9-12H,4-5,8H2,1-3H3. The second-order valence-corrected chi connectivity index (χ2v) is 5.32. The first-order chi connectivity index (χ1) is 8.63. The van der Waals surface area contributed by atoms with E-state index in [1.807, 2.05) is 24.7 Å². The normalized spacial score (nSPS) is 11.7. The number of nitrogens with zero attached hydrogens (tertiary/aromatic N) is 3. The Kier molecular flexibility index (Phi) is 3.80. The molecule has 96 valence electrons. The Bertz CT molecular complexity index is 485. The maximum absolute atomic E-state index is 4.48. The summed E-state index contributed by atoms with van der Waals surface area (Å²) in [5.74, 6) is 0. The fourth-order valence-corrected chi connectivity index (χ4v) is 2.06. The van der Waals surface area contributed by atoms with Gasteiger partial charge in [-0.25, -0.2) is 4.98 Å². The van der Waals surface area contributed by atoms with E-state index in [1.165, 1.54) is 19.3 Å². The monoisotopic (exact) mass is 243 g/mol. The summed E-state index contributed by atoms with van der Waals surface area (Å²) in [6.45, 7) is 6.75. The molecule has 0 saturated heterocycles. The summed E-state index contributed by atoms with van der Waals surface area (Å²) in [6.07, 6.45) is 11.3. The predicted octanol–water partition coefficient (Wildman–Crippen LogP) is 3.87. The van der Waals surface area contributed by atoms with Gasteiger partial charge >= 0.3 is 0 Å². The number of rotatable bonds is 5. The molecule has 0 fully saturated rings. The first-order valence-corrected chi connectivity index (χ1v) is 6.58. The molecule has 0 aromatic carbocycles. The van der Waals surface area contributed by atoms with Crippen molar-refractivity contribution < 1.29 is 0 Å². The van der Waals surface area contributed by atoms with E-state index in [-0.39, 0.29) is 5.54 Å². The highest BCUT2D eigenvalue weighted by Crippen LogP contribution is 2.25. The number of unbranched alkanes of at least 4 members (excludes halogenated alkanes) is 1. The topological polar surface area (TPSA) is 30.7 Å². The summed E-state index contributed by atoms with van der Waals surface area (Å²) in [7, 11) is 0. The van der Waals surface area contributed by atoms with Crippen molar-refractivity contribution in [2.24, 2.45) is 0 Å². The van der Waals surface area contributed by atoms with Crippen LogP contribution in [0.25, 0.3) is 11.3 Å². The van der Waals surface area contributed by atoms with Gasteiger partial charge in [0.1, 0.15) is 0 Å². The Labute approximate surface area is 109 Å². The molecule has 0 unspecified atom stereocenters. The van der Waals surface area contributed by atoms with E-state index in [0.29, 0.717) is 0 Å². The third-order valence-electron chi connectivity index (χ3n) is 3.38. The van der Waals surface area contributed by atoms with Gasteiger partial charge in [0, 0.05) is 29.7 Å². The first-order valence-electron chi connectivity index (χ1n) is 6.58. The van der Waals surface area contributed by atoms with Gasteiger partial charge in [0.15, 0.2) is 0 Å². The van der Waals surface area contributed by atoms with E-state index in [9.17, 15) is 0 Å². The summed E-state index contributed by atoms with van der Waals surface area (Å²) in [6, 6.07) is 3.98. The molecule has 18 heavy (non-hydrogen) atoms. The lowest BCUT2D eigenvalue weighted by Crippen LogP contribution is -2.24. The van der Waals surface area contributed by atoms with Crippen molar-refractivity contribution in [2.75, 3.05) is 0 Å². The number of imidazole rings is 1. The van der Waals surface area contributed by atoms with Crippen LogP contribution in [0.3, 0.4) is 0 Å². The van der Waals surface area contributed by atoms with Crippen LogP contribution in [0.15, 0.2) is 37.1 Å². The highest BCUT2D eigenvalue weighted by atomic mass is 15.1. The van der Waals surface area contributed by atoms with E-state index < -0.39 is 0 Å². The van der Waals surface area contributed by atoms with Crippen LogP contribution in [0, 0.1) is 0 Å². The highest BCUT2D eigenvalue weighted by molar-refractivity contribution is 5.56. The minimum Gasteiger partial charge on any atom is -0.331 e. The van der Waals surface area contributed by atoms with Gasteiger partial charge in [0.2, 0.25) is 0 Å². The van der Waals surface area contributed by atoms with Crippen LogP contribution in [0.4, 0.5) is 0 Å². The van der Waals surface area contributed by atoms with Crippen molar-refractivity contribution in [3.63, 3.8) is 0 Å². The number of pyridine rings is 1. The van der Waals surface area contributed by atoms with Crippen LogP contribution >= 0.6 is 0 Å². The zero-order valence-electron chi connectivity index (χ0n) is 11.4. The average Bonchev–Trinajstić information content (AvgIpc) is 2.88. The Morgan fingerprint density at radius 3 is 2.83 bits per heavy atom. The van der Waals surface area contributed by atoms with Crippen LogP contribution in [0.1, 0.15) is 40.0 Å². The van der Waals surface area contributed by atoms with Crippen molar-refractivity contribution in [3.05, 3.63) is 37.1 Å². The lowest BCUT2D eigenvalue weighted by Gasteiger charge is -2.26. The Hall–Kier alpha value is -1.64. The molecule has 0 spiro atoms. The summed E-state index contributed by atoms with van der Waals surface area (Å²) in [5, 5.41) is 0. The summed E-state index contributed by atoms with van der Waals surface area (Å²) in [5.41, 5.74) is 2.19. The Balaban J connectivity index is 2.20. The first kappa shape index (κ1) is 12.8. The molecule has 0 N–H and O–H groups in total. The number of aromatic nitrogens is 3. The maximum Gasteiger partial charge on any atom is 0.0958 e. The van der Waals surface area contributed by atoms with Crippen LogP contribution in [-0.4, -0.2) is 14.5 Å². The zero-order valence-corrected chi connectivity index (χ0v) is 11.4. The van der Waals surface area contributed by atoms with E-state index in [1.54, 1.807) is 6.20 Å². The molecule has 2 aromatic heterocycles. The molecule has 0 atom stereocenters. The third kappa shape index (κ3) is 2.78. The number of hydrogen-bond acceptors (Lipinski definition) is 2. The van der Waals surface area contributed by atoms with Gasteiger partial charge in [-0.15, -0.1) is 0 Å². The van der Waals surface area contributed by atoms with E-state index in [4.69, 9.17) is 0 Å². The van der Waals surface area contributed by atoms with Crippen molar-refractivity contribution in [3.8, 4) is 11.3 Å². The van der Waals surface area contributed by atoms with Gasteiger partial charge in [0.05, 0.1) is 12.0 Å². The van der Waals surface area contributed by atoms with Crippen LogP contribution in [0.2, 0.25) is 0 Å². The Morgan fingerprint density at radius 2 is 2.17 bits per heavy atom. The highest BCUT2D eigenvalue weighted by Gasteiger charge is 2.19. The van der Waals surface area contributed by atoms with Crippen molar-refractivity contribution >= 4 is 0 Å². The van der Waals surface area contributed by atoms with Crippen molar-refractivity contribution in [2.45, 2.75) is 45.6 Å². The van der Waals surface area contributed by atoms with Crippen LogP contribution < -0.4 is 0 Å². The second-order valence-electron chi connectivity index (χ2n) is 5.32. The van der Waals surface area contributed by atoms with Gasteiger partial charge in [-0.1, -0.05) is 19.8 Å². The van der Waals surface area contributed by atoms with Crippen molar-refractivity contribution in [1.82, 2.24) is 14.5 Å². The van der Waals surface area contributed by atoms with Crippen molar-refractivity contribution in [1.29, 1.82) is 0 Å². The molecule has 0 amide bonds. The molecule has 0 aliphatic carbocycles. The second kappa shape index (κ2) is 5.34. The fraction of sp³-hybridized carbons (Fsp3) is 0.467. The van der Waals surface area contributed by atoms with Crippen LogP contribution in [0.5, 0.6) is 0 Å². The molecule has 3 nitrogen and oxygen atoms in total. The minimum absolute atomic E-state index is 0.128. The molecule has 0 radical (unpaired) electrons. The van der Waals surface area contributed by atoms with Gasteiger partial charge < -0.3 is 4.57 Å². The molecular weight excluding hydrogens is 222 g/mol. The van der Waals surface area contributed by atoms with Crippen LogP contribution in [-0.2, 0) is 5.54 Å². The van der Waals surface area contributed by atoms with Gasteiger partial charge in [-0.2, -0.15) is 0 Å². The summed E-state index contributed by atoms with van der Waals surface area (Å²) < 4.78 is 2.21. The molecule has 2 rings (SSSR count). The van der Waals surface area contributed by atoms with Gasteiger partial charge in [-0.05, 0) is 32.4 Å². The lowest BCUT2D eigenvalue weighted by molar-refractivity contribution is 0.317. The fourth-order valence-electron chi connectivity index (χ4n) is 2.06. The molecule has 0 aliphatic rings. The van der Waals surface area contributed by atoms with E-state index in [2.05, 4.69) is 41.5 Å². The maximum atomic E-state index is 4.48. The van der Waals surface area contributed by atoms with Gasteiger partial charge in [0.25, 0.3) is 0 Å². The number of hydrogen-bond donors (Lipinski definition) is 0. The minimum atomic E-state index is 0.128.